The lowest BCUT2D eigenvalue weighted by Gasteiger charge is -2.23. The molecule has 1 heterocycles. The second-order valence-corrected chi connectivity index (χ2v) is 6.63. The first kappa shape index (κ1) is 19.6. The third-order valence-corrected chi connectivity index (χ3v) is 4.71. The molecule has 146 valence electrons. The van der Waals surface area contributed by atoms with Crippen LogP contribution in [0.5, 0.6) is 0 Å². The highest BCUT2D eigenvalue weighted by Crippen LogP contribution is 2.25. The summed E-state index contributed by atoms with van der Waals surface area (Å²) in [5.74, 6) is -0.0703. The van der Waals surface area contributed by atoms with Gasteiger partial charge in [-0.25, -0.2) is 0 Å². The van der Waals surface area contributed by atoms with Crippen LogP contribution in [0.4, 0.5) is 11.4 Å². The Labute approximate surface area is 166 Å². The number of hydrogen-bond donors (Lipinski definition) is 2. The normalized spacial score (nSPS) is 11.8. The maximum atomic E-state index is 12.5. The van der Waals surface area contributed by atoms with Crippen molar-refractivity contribution in [1.82, 2.24) is 20.4 Å². The van der Waals surface area contributed by atoms with Gasteiger partial charge >= 0.3 is 0 Å². The number of aryl methyl sites for hydroxylation is 1. The fraction of sp³-hybridized carbons (Fsp3) is 0.273. The summed E-state index contributed by atoms with van der Waals surface area (Å²) in [7, 11) is 3.61. The molecule has 1 aromatic heterocycles. The number of amides is 1. The third-order valence-electron chi connectivity index (χ3n) is 4.71. The molecule has 0 fully saturated rings. The van der Waals surface area contributed by atoms with Crippen LogP contribution in [0.2, 0.25) is 0 Å². The molecule has 2 aromatic carbocycles. The van der Waals surface area contributed by atoms with E-state index >= 15 is 0 Å². The van der Waals surface area contributed by atoms with Crippen LogP contribution in [0, 0.1) is 0 Å². The number of likely N-dealkylation sites (N-methyl/N-ethyl adjacent to an activating group) is 1. The van der Waals surface area contributed by atoms with E-state index in [0.29, 0.717) is 6.54 Å². The van der Waals surface area contributed by atoms with Crippen LogP contribution in [-0.2, 0) is 18.4 Å². The Morgan fingerprint density at radius 2 is 1.79 bits per heavy atom. The standard InChI is InChI=1S/C22H27N5O/c1-4-27(19-8-6-5-7-9-19)20-12-10-17(11-13-20)14-24-22(28)21(23-2)18-15-25-26(3)16-18/h5-13,15-16,21,23H,4,14H2,1-3H3,(H,24,28). The number of benzene rings is 2. The Kier molecular flexibility index (Phi) is 6.45. The molecule has 0 saturated carbocycles. The highest BCUT2D eigenvalue weighted by Gasteiger charge is 2.19. The van der Waals surface area contributed by atoms with Crippen LogP contribution in [0.15, 0.2) is 67.0 Å². The Hall–Kier alpha value is -3.12. The first-order valence-corrected chi connectivity index (χ1v) is 9.47. The molecule has 0 bridgehead atoms. The van der Waals surface area contributed by atoms with E-state index in [-0.39, 0.29) is 5.91 Å². The minimum absolute atomic E-state index is 0.0703. The van der Waals surface area contributed by atoms with Crippen molar-refractivity contribution in [2.45, 2.75) is 19.5 Å². The molecule has 6 nitrogen and oxygen atoms in total. The lowest BCUT2D eigenvalue weighted by molar-refractivity contribution is -0.123. The van der Waals surface area contributed by atoms with E-state index < -0.39 is 6.04 Å². The summed E-state index contributed by atoms with van der Waals surface area (Å²) in [6.45, 7) is 3.50. The second-order valence-electron chi connectivity index (χ2n) is 6.63. The average Bonchev–Trinajstić information content (AvgIpc) is 3.15. The van der Waals surface area contributed by atoms with Gasteiger partial charge < -0.3 is 15.5 Å². The minimum Gasteiger partial charge on any atom is -0.350 e. The molecule has 28 heavy (non-hydrogen) atoms. The number of anilines is 2. The smallest absolute Gasteiger partial charge is 0.242 e. The van der Waals surface area contributed by atoms with Crippen LogP contribution in [0.1, 0.15) is 24.1 Å². The van der Waals surface area contributed by atoms with Gasteiger partial charge in [-0.1, -0.05) is 30.3 Å². The van der Waals surface area contributed by atoms with E-state index in [4.69, 9.17) is 0 Å². The van der Waals surface area contributed by atoms with E-state index in [2.05, 4.69) is 64.0 Å². The minimum atomic E-state index is -0.415. The third kappa shape index (κ3) is 4.58. The van der Waals surface area contributed by atoms with Crippen molar-refractivity contribution in [2.24, 2.45) is 7.05 Å². The van der Waals surface area contributed by atoms with Gasteiger partial charge in [0.2, 0.25) is 5.91 Å². The number of hydrogen-bond acceptors (Lipinski definition) is 4. The fourth-order valence-electron chi connectivity index (χ4n) is 3.25. The maximum absolute atomic E-state index is 12.5. The van der Waals surface area contributed by atoms with Gasteiger partial charge in [0.25, 0.3) is 0 Å². The number of carbonyl (C=O) groups excluding carboxylic acids is 1. The molecule has 0 radical (unpaired) electrons. The van der Waals surface area contributed by atoms with Crippen molar-refractivity contribution in [1.29, 1.82) is 0 Å². The monoisotopic (exact) mass is 377 g/mol. The Balaban J connectivity index is 1.63. The topological polar surface area (TPSA) is 62.2 Å². The zero-order valence-corrected chi connectivity index (χ0v) is 16.6. The first-order chi connectivity index (χ1) is 13.6. The van der Waals surface area contributed by atoms with Crippen molar-refractivity contribution in [3.8, 4) is 0 Å². The summed E-state index contributed by atoms with van der Waals surface area (Å²) in [6, 6.07) is 18.2. The zero-order chi connectivity index (χ0) is 19.9. The van der Waals surface area contributed by atoms with Crippen molar-refractivity contribution < 1.29 is 4.79 Å². The fourth-order valence-corrected chi connectivity index (χ4v) is 3.25. The maximum Gasteiger partial charge on any atom is 0.242 e. The number of nitrogens with zero attached hydrogens (tertiary/aromatic N) is 3. The van der Waals surface area contributed by atoms with E-state index in [1.165, 1.54) is 5.69 Å². The SMILES string of the molecule is CCN(c1ccccc1)c1ccc(CNC(=O)C(NC)c2cnn(C)c2)cc1. The number of aromatic nitrogens is 2. The second kappa shape index (κ2) is 9.19. The van der Waals surface area contributed by atoms with Crippen LogP contribution in [0.25, 0.3) is 0 Å². The summed E-state index contributed by atoms with van der Waals surface area (Å²) in [5, 5.41) is 10.2. The molecule has 0 aliphatic carbocycles. The molecule has 3 rings (SSSR count). The highest BCUT2D eigenvalue weighted by molar-refractivity contribution is 5.83. The van der Waals surface area contributed by atoms with Gasteiger partial charge in [0.15, 0.2) is 0 Å². The van der Waals surface area contributed by atoms with Crippen LogP contribution < -0.4 is 15.5 Å². The van der Waals surface area contributed by atoms with E-state index in [1.807, 2.05) is 31.4 Å². The molecule has 0 spiro atoms. The van der Waals surface area contributed by atoms with Crippen molar-refractivity contribution in [2.75, 3.05) is 18.5 Å². The van der Waals surface area contributed by atoms with Crippen LogP contribution in [-0.4, -0.2) is 29.3 Å². The van der Waals surface area contributed by atoms with Crippen molar-refractivity contribution in [3.63, 3.8) is 0 Å². The van der Waals surface area contributed by atoms with Crippen molar-refractivity contribution in [3.05, 3.63) is 78.1 Å². The van der Waals surface area contributed by atoms with Gasteiger partial charge in [0.05, 0.1) is 6.20 Å². The van der Waals surface area contributed by atoms with Gasteiger partial charge in [0.1, 0.15) is 6.04 Å². The summed E-state index contributed by atoms with van der Waals surface area (Å²) < 4.78 is 1.69. The largest absolute Gasteiger partial charge is 0.350 e. The Morgan fingerprint density at radius 1 is 1.11 bits per heavy atom. The molecule has 1 amide bonds. The quantitative estimate of drug-likeness (QED) is 0.633. The molecule has 0 aliphatic rings. The molecule has 0 saturated heterocycles. The number of rotatable bonds is 8. The van der Waals surface area contributed by atoms with Gasteiger partial charge in [-0.15, -0.1) is 0 Å². The zero-order valence-electron chi connectivity index (χ0n) is 16.6. The highest BCUT2D eigenvalue weighted by atomic mass is 16.2. The molecule has 1 unspecified atom stereocenters. The number of nitrogens with one attached hydrogen (secondary N) is 2. The predicted molar refractivity (Wildman–Crippen MR) is 112 cm³/mol. The van der Waals surface area contributed by atoms with Crippen LogP contribution >= 0.6 is 0 Å². The molecular formula is C22H27N5O. The van der Waals surface area contributed by atoms with E-state index in [9.17, 15) is 4.79 Å². The summed E-state index contributed by atoms with van der Waals surface area (Å²) in [4.78, 5) is 14.8. The molecule has 0 aliphatic heterocycles. The number of para-hydroxylation sites is 1. The van der Waals surface area contributed by atoms with Gasteiger partial charge in [-0.05, 0) is 43.8 Å². The van der Waals surface area contributed by atoms with Gasteiger partial charge in [0, 0.05) is 43.3 Å². The molecular weight excluding hydrogens is 350 g/mol. The summed E-state index contributed by atoms with van der Waals surface area (Å²) >= 11 is 0. The predicted octanol–water partition coefficient (Wildman–Crippen LogP) is 3.16. The molecule has 1 atom stereocenters. The Morgan fingerprint density at radius 3 is 2.36 bits per heavy atom. The Bertz CT molecular complexity index is 889. The van der Waals surface area contributed by atoms with Gasteiger partial charge in [-0.2, -0.15) is 5.10 Å². The first-order valence-electron chi connectivity index (χ1n) is 9.47. The summed E-state index contributed by atoms with van der Waals surface area (Å²) in [5.41, 5.74) is 4.20. The lowest BCUT2D eigenvalue weighted by atomic mass is 10.1. The number of carbonyl (C=O) groups is 1. The average molecular weight is 377 g/mol. The lowest BCUT2D eigenvalue weighted by Crippen LogP contribution is -2.35. The van der Waals surface area contributed by atoms with Crippen LogP contribution in [0.3, 0.4) is 0 Å². The molecule has 6 heteroatoms. The summed E-state index contributed by atoms with van der Waals surface area (Å²) in [6.07, 6.45) is 3.55. The molecule has 2 N–H and O–H groups in total. The van der Waals surface area contributed by atoms with Crippen molar-refractivity contribution >= 4 is 17.3 Å². The van der Waals surface area contributed by atoms with E-state index in [1.54, 1.807) is 17.9 Å². The molecule has 3 aromatic rings. The van der Waals surface area contributed by atoms with E-state index in [0.717, 1.165) is 23.4 Å². The van der Waals surface area contributed by atoms with Gasteiger partial charge in [-0.3, -0.25) is 9.48 Å².